The first kappa shape index (κ1) is 11.0. The van der Waals surface area contributed by atoms with E-state index < -0.39 is 0 Å². The van der Waals surface area contributed by atoms with E-state index in [1.165, 1.54) is 11.8 Å². The molecule has 16 heavy (non-hydrogen) atoms. The molecule has 3 nitrogen and oxygen atoms in total. The first-order valence-corrected chi connectivity index (χ1v) is 5.91. The van der Waals surface area contributed by atoms with Crippen LogP contribution in [0.25, 0.3) is 6.08 Å². The Balaban J connectivity index is 2.20. The minimum atomic E-state index is -0.0685. The summed E-state index contributed by atoms with van der Waals surface area (Å²) < 4.78 is 0. The van der Waals surface area contributed by atoms with Crippen LogP contribution in [-0.4, -0.2) is 17.6 Å². The number of carbonyl (C=O) groups is 1. The quantitative estimate of drug-likeness (QED) is 0.795. The molecule has 0 aliphatic carbocycles. The Hall–Kier alpha value is -1.55. The van der Waals surface area contributed by atoms with E-state index in [9.17, 15) is 4.79 Å². The van der Waals surface area contributed by atoms with E-state index >= 15 is 0 Å². The lowest BCUT2D eigenvalue weighted by Crippen LogP contribution is -2.19. The van der Waals surface area contributed by atoms with Crippen molar-refractivity contribution in [3.05, 3.63) is 40.8 Å². The summed E-state index contributed by atoms with van der Waals surface area (Å²) in [4.78, 5) is 16.4. The number of aliphatic imine (C=N–C) groups is 1. The number of nitrogens with zero attached hydrogens (tertiary/aromatic N) is 1. The third-order valence-electron chi connectivity index (χ3n) is 2.05. The maximum Gasteiger partial charge on any atom is 0.264 e. The first-order valence-electron chi connectivity index (χ1n) is 5.10. The normalized spacial score (nSPS) is 20.4. The standard InChI is InChI=1S/C12H12N2OS/c1-2-13-12-14-11(15)10(16-12)8-9-6-4-3-5-7-9/h3-8H,2H2,1H3,(H,13,14,15)/b10-8-. The molecule has 0 aromatic heterocycles. The molecule has 1 aromatic carbocycles. The highest BCUT2D eigenvalue weighted by Gasteiger charge is 2.22. The summed E-state index contributed by atoms with van der Waals surface area (Å²) in [5, 5.41) is 3.42. The van der Waals surface area contributed by atoms with Gasteiger partial charge in [0.1, 0.15) is 0 Å². The number of benzene rings is 1. The van der Waals surface area contributed by atoms with E-state index in [4.69, 9.17) is 0 Å². The van der Waals surface area contributed by atoms with Crippen LogP contribution in [0.2, 0.25) is 0 Å². The molecule has 1 aromatic rings. The van der Waals surface area contributed by atoms with Gasteiger partial charge in [0.2, 0.25) is 0 Å². The molecule has 0 radical (unpaired) electrons. The van der Waals surface area contributed by atoms with Gasteiger partial charge in [-0.2, -0.15) is 0 Å². The Morgan fingerprint density at radius 3 is 2.81 bits per heavy atom. The summed E-state index contributed by atoms with van der Waals surface area (Å²) in [5.41, 5.74) is 1.03. The van der Waals surface area contributed by atoms with Crippen molar-refractivity contribution < 1.29 is 4.79 Å². The predicted octanol–water partition coefficient (Wildman–Crippen LogP) is 2.27. The summed E-state index contributed by atoms with van der Waals surface area (Å²) in [7, 11) is 0. The molecule has 1 saturated heterocycles. The molecule has 1 heterocycles. The number of thioether (sulfide) groups is 1. The second kappa shape index (κ2) is 4.99. The van der Waals surface area contributed by atoms with Gasteiger partial charge in [0.05, 0.1) is 4.91 Å². The number of amidine groups is 1. The molecule has 1 aliphatic heterocycles. The lowest BCUT2D eigenvalue weighted by Gasteiger charge is -1.93. The molecule has 0 saturated carbocycles. The largest absolute Gasteiger partial charge is 0.301 e. The molecule has 0 atom stereocenters. The van der Waals surface area contributed by atoms with Crippen LogP contribution in [0.15, 0.2) is 40.2 Å². The van der Waals surface area contributed by atoms with Gasteiger partial charge in [-0.1, -0.05) is 30.3 Å². The van der Waals surface area contributed by atoms with Gasteiger partial charge < -0.3 is 5.32 Å². The zero-order valence-corrected chi connectivity index (χ0v) is 9.75. The van der Waals surface area contributed by atoms with Crippen molar-refractivity contribution in [1.82, 2.24) is 5.32 Å². The summed E-state index contributed by atoms with van der Waals surface area (Å²) >= 11 is 1.39. The van der Waals surface area contributed by atoms with Crippen LogP contribution < -0.4 is 5.32 Å². The lowest BCUT2D eigenvalue weighted by molar-refractivity contribution is -0.115. The molecule has 1 N–H and O–H groups in total. The molecule has 0 bridgehead atoms. The van der Waals surface area contributed by atoms with Crippen molar-refractivity contribution in [2.45, 2.75) is 6.92 Å². The zero-order valence-electron chi connectivity index (χ0n) is 8.93. The summed E-state index contributed by atoms with van der Waals surface area (Å²) in [6, 6.07) is 9.79. The van der Waals surface area contributed by atoms with Crippen LogP contribution in [0.4, 0.5) is 0 Å². The van der Waals surface area contributed by atoms with E-state index in [-0.39, 0.29) is 5.91 Å². The first-order chi connectivity index (χ1) is 7.79. The van der Waals surface area contributed by atoms with Gasteiger partial charge in [0.25, 0.3) is 5.91 Å². The number of carbonyl (C=O) groups excluding carboxylic acids is 1. The van der Waals surface area contributed by atoms with Crippen LogP contribution in [0, 0.1) is 0 Å². The van der Waals surface area contributed by atoms with Gasteiger partial charge in [-0.15, -0.1) is 0 Å². The number of rotatable bonds is 2. The number of amides is 1. The Labute approximate surface area is 98.7 Å². The molecule has 2 rings (SSSR count). The van der Waals surface area contributed by atoms with Crippen molar-refractivity contribution >= 4 is 28.9 Å². The molecule has 4 heteroatoms. The smallest absolute Gasteiger partial charge is 0.264 e. The van der Waals surface area contributed by atoms with Crippen molar-refractivity contribution in [3.8, 4) is 0 Å². The molecule has 1 amide bonds. The minimum absolute atomic E-state index is 0.0685. The number of hydrogen-bond acceptors (Lipinski definition) is 3. The Morgan fingerprint density at radius 2 is 2.12 bits per heavy atom. The highest BCUT2D eigenvalue weighted by molar-refractivity contribution is 8.18. The fourth-order valence-electron chi connectivity index (χ4n) is 1.35. The second-order valence-corrected chi connectivity index (χ2v) is 4.29. The monoisotopic (exact) mass is 232 g/mol. The van der Waals surface area contributed by atoms with Crippen LogP contribution in [0.5, 0.6) is 0 Å². The third kappa shape index (κ3) is 2.52. The van der Waals surface area contributed by atoms with Crippen LogP contribution >= 0.6 is 11.8 Å². The van der Waals surface area contributed by atoms with Gasteiger partial charge in [-0.05, 0) is 30.3 Å². The third-order valence-corrected chi connectivity index (χ3v) is 3.00. The van der Waals surface area contributed by atoms with Crippen LogP contribution in [-0.2, 0) is 4.79 Å². The van der Waals surface area contributed by atoms with Crippen molar-refractivity contribution in [1.29, 1.82) is 0 Å². The Kier molecular flexibility index (Phi) is 3.41. The molecular weight excluding hydrogens is 220 g/mol. The van der Waals surface area contributed by atoms with E-state index in [2.05, 4.69) is 10.3 Å². The number of hydrogen-bond donors (Lipinski definition) is 1. The lowest BCUT2D eigenvalue weighted by atomic mass is 10.2. The fourth-order valence-corrected chi connectivity index (χ4v) is 2.23. The van der Waals surface area contributed by atoms with Gasteiger partial charge in [-0.3, -0.25) is 9.79 Å². The van der Waals surface area contributed by atoms with Gasteiger partial charge in [-0.25, -0.2) is 0 Å². The molecule has 0 unspecified atom stereocenters. The highest BCUT2D eigenvalue weighted by Crippen LogP contribution is 2.25. The van der Waals surface area contributed by atoms with Gasteiger partial charge >= 0.3 is 0 Å². The van der Waals surface area contributed by atoms with Crippen LogP contribution in [0.3, 0.4) is 0 Å². The maximum absolute atomic E-state index is 11.6. The average Bonchev–Trinajstić information content (AvgIpc) is 2.61. The summed E-state index contributed by atoms with van der Waals surface area (Å²) in [6.07, 6.45) is 1.87. The summed E-state index contributed by atoms with van der Waals surface area (Å²) in [6.45, 7) is 2.62. The molecular formula is C12H12N2OS. The molecule has 0 spiro atoms. The van der Waals surface area contributed by atoms with Crippen molar-refractivity contribution in [2.75, 3.05) is 6.54 Å². The summed E-state index contributed by atoms with van der Waals surface area (Å²) in [5.74, 6) is -0.0685. The molecule has 82 valence electrons. The molecule has 1 aliphatic rings. The van der Waals surface area contributed by atoms with E-state index in [0.29, 0.717) is 16.6 Å². The van der Waals surface area contributed by atoms with Gasteiger partial charge in [0, 0.05) is 6.54 Å². The Bertz CT molecular complexity index is 451. The maximum atomic E-state index is 11.6. The van der Waals surface area contributed by atoms with E-state index in [1.54, 1.807) is 0 Å². The van der Waals surface area contributed by atoms with Crippen molar-refractivity contribution in [2.24, 2.45) is 4.99 Å². The zero-order chi connectivity index (χ0) is 11.4. The Morgan fingerprint density at radius 1 is 1.38 bits per heavy atom. The predicted molar refractivity (Wildman–Crippen MR) is 68.1 cm³/mol. The highest BCUT2D eigenvalue weighted by atomic mass is 32.2. The average molecular weight is 232 g/mol. The van der Waals surface area contributed by atoms with Gasteiger partial charge in [0.15, 0.2) is 5.17 Å². The van der Waals surface area contributed by atoms with Crippen molar-refractivity contribution in [3.63, 3.8) is 0 Å². The second-order valence-electron chi connectivity index (χ2n) is 3.25. The fraction of sp³-hybridized carbons (Fsp3) is 0.167. The van der Waals surface area contributed by atoms with Crippen LogP contribution in [0.1, 0.15) is 12.5 Å². The minimum Gasteiger partial charge on any atom is -0.301 e. The molecule has 1 fully saturated rings. The topological polar surface area (TPSA) is 41.5 Å². The van der Waals surface area contributed by atoms with E-state index in [1.807, 2.05) is 43.3 Å². The van der Waals surface area contributed by atoms with E-state index in [0.717, 1.165) is 5.56 Å². The SMILES string of the molecule is CCN=C1NC(=O)/C(=C/c2ccccc2)S1. The number of nitrogens with one attached hydrogen (secondary N) is 1.